The first kappa shape index (κ1) is 16.5. The molecule has 1 heterocycles. The van der Waals surface area contributed by atoms with Gasteiger partial charge in [0, 0.05) is 6.54 Å². The highest BCUT2D eigenvalue weighted by molar-refractivity contribution is 6.39. The zero-order valence-electron chi connectivity index (χ0n) is 11.9. The average Bonchev–Trinajstić information content (AvgIpc) is 2.90. The van der Waals surface area contributed by atoms with Crippen molar-refractivity contribution in [2.75, 3.05) is 11.9 Å². The lowest BCUT2D eigenvalue weighted by Gasteiger charge is -2.13. The molecule has 118 valence electrons. The van der Waals surface area contributed by atoms with Gasteiger partial charge < -0.3 is 4.74 Å². The Morgan fingerprint density at radius 3 is 2.82 bits per heavy atom. The van der Waals surface area contributed by atoms with Crippen molar-refractivity contribution in [3.8, 4) is 5.75 Å². The van der Waals surface area contributed by atoms with Crippen LogP contribution in [-0.4, -0.2) is 27.3 Å². The first-order valence-electron chi connectivity index (χ1n) is 6.49. The van der Waals surface area contributed by atoms with E-state index in [-0.39, 0.29) is 33.9 Å². The minimum Gasteiger partial charge on any atom is -0.491 e. The summed E-state index contributed by atoms with van der Waals surface area (Å²) in [6, 6.07) is 0.984. The number of carbonyl (C=O) groups is 1. The SMILES string of the molecule is CCOc1c(Cl)cc(F)c(C(=O)Nc2nncn2CC)c1Cl. The van der Waals surface area contributed by atoms with Crippen molar-refractivity contribution in [3.63, 3.8) is 0 Å². The molecule has 1 aromatic heterocycles. The lowest BCUT2D eigenvalue weighted by Crippen LogP contribution is -2.18. The Bertz CT molecular complexity index is 706. The molecular weight excluding hydrogens is 334 g/mol. The highest BCUT2D eigenvalue weighted by atomic mass is 35.5. The molecule has 0 unspecified atom stereocenters. The molecule has 0 radical (unpaired) electrons. The second-order valence-electron chi connectivity index (χ2n) is 4.19. The van der Waals surface area contributed by atoms with Gasteiger partial charge in [-0.2, -0.15) is 0 Å². The van der Waals surface area contributed by atoms with Crippen LogP contribution in [0.5, 0.6) is 5.75 Å². The molecule has 0 atom stereocenters. The Labute approximate surface area is 136 Å². The summed E-state index contributed by atoms with van der Waals surface area (Å²) < 4.78 is 20.9. The van der Waals surface area contributed by atoms with Crippen LogP contribution in [0.3, 0.4) is 0 Å². The summed E-state index contributed by atoms with van der Waals surface area (Å²) in [4.78, 5) is 12.3. The largest absolute Gasteiger partial charge is 0.491 e. The number of ether oxygens (including phenoxy) is 1. The molecule has 1 N–H and O–H groups in total. The number of hydrogen-bond acceptors (Lipinski definition) is 4. The molecule has 0 saturated heterocycles. The van der Waals surface area contributed by atoms with Gasteiger partial charge in [0.25, 0.3) is 5.91 Å². The molecule has 2 aromatic rings. The second kappa shape index (κ2) is 6.93. The number of amides is 1. The van der Waals surface area contributed by atoms with Crippen LogP contribution >= 0.6 is 23.2 Å². The third-order valence-electron chi connectivity index (χ3n) is 2.83. The summed E-state index contributed by atoms with van der Waals surface area (Å²) in [7, 11) is 0. The first-order chi connectivity index (χ1) is 10.5. The van der Waals surface area contributed by atoms with E-state index >= 15 is 0 Å². The lowest BCUT2D eigenvalue weighted by atomic mass is 10.2. The standard InChI is InChI=1S/C13H13Cl2FN4O2/c1-3-20-6-17-19-13(20)18-12(21)9-8(16)5-7(14)11(10(9)15)22-4-2/h5-6H,3-4H2,1-2H3,(H,18,19,21). The quantitative estimate of drug-likeness (QED) is 0.900. The molecule has 0 aliphatic carbocycles. The summed E-state index contributed by atoms with van der Waals surface area (Å²) in [5.41, 5.74) is -0.361. The Hall–Kier alpha value is -1.86. The third-order valence-corrected chi connectivity index (χ3v) is 3.47. The predicted molar refractivity (Wildman–Crippen MR) is 81.2 cm³/mol. The van der Waals surface area contributed by atoms with Crippen molar-refractivity contribution < 1.29 is 13.9 Å². The van der Waals surface area contributed by atoms with Crippen molar-refractivity contribution in [1.29, 1.82) is 0 Å². The Kier molecular flexibility index (Phi) is 5.20. The topological polar surface area (TPSA) is 69.0 Å². The molecule has 6 nitrogen and oxygen atoms in total. The lowest BCUT2D eigenvalue weighted by molar-refractivity contribution is 0.102. The monoisotopic (exact) mass is 346 g/mol. The van der Waals surface area contributed by atoms with Crippen LogP contribution in [0.15, 0.2) is 12.4 Å². The van der Waals surface area contributed by atoms with Crippen LogP contribution in [0.25, 0.3) is 0 Å². The number of hydrogen-bond donors (Lipinski definition) is 1. The summed E-state index contributed by atoms with van der Waals surface area (Å²) in [6.45, 7) is 4.39. The number of benzene rings is 1. The van der Waals surface area contributed by atoms with Crippen LogP contribution in [0.2, 0.25) is 10.0 Å². The zero-order chi connectivity index (χ0) is 16.3. The molecule has 0 aliphatic rings. The average molecular weight is 347 g/mol. The fourth-order valence-electron chi connectivity index (χ4n) is 1.80. The maximum atomic E-state index is 14.1. The molecule has 0 saturated carbocycles. The van der Waals surface area contributed by atoms with E-state index in [2.05, 4.69) is 15.5 Å². The van der Waals surface area contributed by atoms with Crippen molar-refractivity contribution >= 4 is 35.1 Å². The Balaban J connectivity index is 2.39. The minimum atomic E-state index is -0.849. The molecule has 0 aliphatic heterocycles. The van der Waals surface area contributed by atoms with Crippen molar-refractivity contribution in [2.45, 2.75) is 20.4 Å². The highest BCUT2D eigenvalue weighted by Crippen LogP contribution is 2.37. The molecule has 2 rings (SSSR count). The van der Waals surface area contributed by atoms with E-state index in [4.69, 9.17) is 27.9 Å². The van der Waals surface area contributed by atoms with Crippen LogP contribution in [0.1, 0.15) is 24.2 Å². The van der Waals surface area contributed by atoms with Crippen molar-refractivity contribution in [3.05, 3.63) is 33.8 Å². The molecule has 1 aromatic carbocycles. The van der Waals surface area contributed by atoms with E-state index in [1.807, 2.05) is 6.92 Å². The van der Waals surface area contributed by atoms with Crippen LogP contribution in [0, 0.1) is 5.82 Å². The number of nitrogens with zero attached hydrogens (tertiary/aromatic N) is 3. The van der Waals surface area contributed by atoms with Gasteiger partial charge in [0.05, 0.1) is 22.2 Å². The second-order valence-corrected chi connectivity index (χ2v) is 4.97. The molecular formula is C13H13Cl2FN4O2. The van der Waals surface area contributed by atoms with Crippen LogP contribution in [0.4, 0.5) is 10.3 Å². The van der Waals surface area contributed by atoms with Gasteiger partial charge in [0.2, 0.25) is 5.95 Å². The summed E-state index contributed by atoms with van der Waals surface area (Å²) >= 11 is 11.9. The van der Waals surface area contributed by atoms with E-state index in [0.717, 1.165) is 6.07 Å². The van der Waals surface area contributed by atoms with E-state index < -0.39 is 11.7 Å². The van der Waals surface area contributed by atoms with E-state index in [1.54, 1.807) is 11.5 Å². The molecule has 0 spiro atoms. The van der Waals surface area contributed by atoms with Gasteiger partial charge in [0.1, 0.15) is 12.1 Å². The maximum Gasteiger partial charge on any atom is 0.262 e. The van der Waals surface area contributed by atoms with Gasteiger partial charge in [-0.25, -0.2) is 4.39 Å². The van der Waals surface area contributed by atoms with Gasteiger partial charge in [0.15, 0.2) is 5.75 Å². The highest BCUT2D eigenvalue weighted by Gasteiger charge is 2.24. The fraction of sp³-hybridized carbons (Fsp3) is 0.308. The molecule has 1 amide bonds. The normalized spacial score (nSPS) is 10.6. The van der Waals surface area contributed by atoms with Crippen LogP contribution < -0.4 is 10.1 Å². The van der Waals surface area contributed by atoms with E-state index in [0.29, 0.717) is 6.54 Å². The third kappa shape index (κ3) is 3.15. The summed E-state index contributed by atoms with van der Waals surface area (Å²) in [5.74, 6) is -1.36. The smallest absolute Gasteiger partial charge is 0.262 e. The number of nitrogens with one attached hydrogen (secondary N) is 1. The van der Waals surface area contributed by atoms with Gasteiger partial charge >= 0.3 is 0 Å². The summed E-state index contributed by atoms with van der Waals surface area (Å²) in [5, 5.41) is 9.68. The number of anilines is 1. The number of carbonyl (C=O) groups excluding carboxylic acids is 1. The Morgan fingerprint density at radius 2 is 2.18 bits per heavy atom. The van der Waals surface area contributed by atoms with Gasteiger partial charge in [-0.05, 0) is 19.9 Å². The van der Waals surface area contributed by atoms with Gasteiger partial charge in [-0.15, -0.1) is 10.2 Å². The van der Waals surface area contributed by atoms with E-state index in [1.165, 1.54) is 6.33 Å². The van der Waals surface area contributed by atoms with Crippen molar-refractivity contribution in [1.82, 2.24) is 14.8 Å². The molecule has 0 bridgehead atoms. The maximum absolute atomic E-state index is 14.1. The minimum absolute atomic E-state index is 0.00220. The van der Waals surface area contributed by atoms with Crippen LogP contribution in [-0.2, 0) is 6.54 Å². The van der Waals surface area contributed by atoms with Crippen molar-refractivity contribution in [2.24, 2.45) is 0 Å². The number of rotatable bonds is 5. The Morgan fingerprint density at radius 1 is 1.45 bits per heavy atom. The number of aromatic nitrogens is 3. The first-order valence-corrected chi connectivity index (χ1v) is 7.24. The van der Waals surface area contributed by atoms with Gasteiger partial charge in [-0.1, -0.05) is 23.2 Å². The molecule has 0 fully saturated rings. The predicted octanol–water partition coefficient (Wildman–Crippen LogP) is 3.39. The van der Waals surface area contributed by atoms with E-state index in [9.17, 15) is 9.18 Å². The van der Waals surface area contributed by atoms with Gasteiger partial charge in [-0.3, -0.25) is 14.7 Å². The molecule has 22 heavy (non-hydrogen) atoms. The number of halogens is 3. The number of aryl methyl sites for hydroxylation is 1. The molecule has 9 heteroatoms. The summed E-state index contributed by atoms with van der Waals surface area (Å²) in [6.07, 6.45) is 1.45. The fourth-order valence-corrected chi connectivity index (χ4v) is 2.43. The zero-order valence-corrected chi connectivity index (χ0v) is 13.4.